The SMILES string of the molecule is CC(N)C1CCN(C(=O)c2ccc(S(=O)(=O)Nc3ccccc3)cc2)CC1.Cl. The van der Waals surface area contributed by atoms with Crippen LogP contribution in [-0.4, -0.2) is 38.4 Å². The molecule has 8 heteroatoms. The van der Waals surface area contributed by atoms with Crippen molar-refractivity contribution in [1.82, 2.24) is 4.90 Å². The molecule has 28 heavy (non-hydrogen) atoms. The third kappa shape index (κ3) is 5.25. The number of para-hydroxylation sites is 1. The Hall–Kier alpha value is -2.09. The average molecular weight is 424 g/mol. The van der Waals surface area contributed by atoms with Gasteiger partial charge in [0.1, 0.15) is 0 Å². The van der Waals surface area contributed by atoms with Gasteiger partial charge in [0.05, 0.1) is 4.90 Å². The Labute approximate surface area is 172 Å². The fourth-order valence-corrected chi connectivity index (χ4v) is 4.37. The summed E-state index contributed by atoms with van der Waals surface area (Å²) in [5.74, 6) is 0.378. The minimum Gasteiger partial charge on any atom is -0.339 e. The minimum atomic E-state index is -3.69. The molecule has 0 saturated carbocycles. The van der Waals surface area contributed by atoms with E-state index in [0.29, 0.717) is 30.3 Å². The number of nitrogens with zero attached hydrogens (tertiary/aromatic N) is 1. The largest absolute Gasteiger partial charge is 0.339 e. The lowest BCUT2D eigenvalue weighted by Crippen LogP contribution is -2.42. The van der Waals surface area contributed by atoms with Gasteiger partial charge in [-0.15, -0.1) is 12.4 Å². The average Bonchev–Trinajstić information content (AvgIpc) is 2.68. The molecule has 1 amide bonds. The number of likely N-dealkylation sites (tertiary alicyclic amines) is 1. The first-order valence-corrected chi connectivity index (χ1v) is 10.6. The van der Waals surface area contributed by atoms with Gasteiger partial charge >= 0.3 is 0 Å². The Morgan fingerprint density at radius 3 is 2.18 bits per heavy atom. The zero-order valence-corrected chi connectivity index (χ0v) is 17.4. The van der Waals surface area contributed by atoms with Crippen LogP contribution in [0.2, 0.25) is 0 Å². The Morgan fingerprint density at radius 2 is 1.64 bits per heavy atom. The van der Waals surface area contributed by atoms with Crippen LogP contribution >= 0.6 is 12.4 Å². The fraction of sp³-hybridized carbons (Fsp3) is 0.350. The van der Waals surface area contributed by atoms with Crippen LogP contribution in [0.1, 0.15) is 30.1 Å². The van der Waals surface area contributed by atoms with Crippen molar-refractivity contribution in [3.05, 3.63) is 60.2 Å². The molecule has 1 atom stereocenters. The predicted molar refractivity (Wildman–Crippen MR) is 113 cm³/mol. The molecule has 1 aliphatic heterocycles. The summed E-state index contributed by atoms with van der Waals surface area (Å²) < 4.78 is 27.5. The van der Waals surface area contributed by atoms with Crippen molar-refractivity contribution < 1.29 is 13.2 Å². The van der Waals surface area contributed by atoms with Gasteiger partial charge in [-0.2, -0.15) is 0 Å². The fourth-order valence-electron chi connectivity index (χ4n) is 3.31. The molecule has 3 rings (SSSR count). The van der Waals surface area contributed by atoms with E-state index in [9.17, 15) is 13.2 Å². The second-order valence-electron chi connectivity index (χ2n) is 6.98. The predicted octanol–water partition coefficient (Wildman–Crippen LogP) is 3.11. The number of carbonyl (C=O) groups is 1. The van der Waals surface area contributed by atoms with Crippen LogP contribution in [-0.2, 0) is 10.0 Å². The standard InChI is InChI=1S/C20H25N3O3S.ClH/c1-15(21)16-11-13-23(14-12-16)20(24)17-7-9-19(10-8-17)27(25,26)22-18-5-3-2-4-6-18;/h2-10,15-16,22H,11-14,21H2,1H3;1H. The van der Waals surface area contributed by atoms with E-state index in [2.05, 4.69) is 4.72 Å². The molecule has 6 nitrogen and oxygen atoms in total. The van der Waals surface area contributed by atoms with E-state index in [4.69, 9.17) is 5.73 Å². The zero-order valence-electron chi connectivity index (χ0n) is 15.7. The molecule has 1 unspecified atom stereocenters. The Balaban J connectivity index is 0.00000280. The molecule has 2 aromatic rings. The normalized spacial score (nSPS) is 16.1. The first-order chi connectivity index (χ1) is 12.9. The molecule has 0 radical (unpaired) electrons. The lowest BCUT2D eigenvalue weighted by molar-refractivity contribution is 0.0681. The molecular weight excluding hydrogens is 398 g/mol. The first-order valence-electron chi connectivity index (χ1n) is 9.09. The maximum absolute atomic E-state index is 12.7. The van der Waals surface area contributed by atoms with Crippen LogP contribution in [0.25, 0.3) is 0 Å². The van der Waals surface area contributed by atoms with Gasteiger partial charge in [0.15, 0.2) is 0 Å². The van der Waals surface area contributed by atoms with Crippen molar-refractivity contribution >= 4 is 34.0 Å². The maximum atomic E-state index is 12.7. The second-order valence-corrected chi connectivity index (χ2v) is 8.67. The number of amides is 1. The number of rotatable bonds is 5. The number of piperidine rings is 1. The van der Waals surface area contributed by atoms with E-state index in [-0.39, 0.29) is 29.3 Å². The number of hydrogen-bond acceptors (Lipinski definition) is 4. The minimum absolute atomic E-state index is 0. The van der Waals surface area contributed by atoms with Crippen LogP contribution in [0.4, 0.5) is 5.69 Å². The summed E-state index contributed by atoms with van der Waals surface area (Å²) in [5, 5.41) is 0. The number of halogens is 1. The number of anilines is 1. The lowest BCUT2D eigenvalue weighted by atomic mass is 9.90. The van der Waals surface area contributed by atoms with Crippen molar-refractivity contribution in [2.75, 3.05) is 17.8 Å². The molecule has 2 aromatic carbocycles. The molecule has 1 aliphatic rings. The van der Waals surface area contributed by atoms with E-state index >= 15 is 0 Å². The summed E-state index contributed by atoms with van der Waals surface area (Å²) in [6, 6.07) is 14.9. The molecule has 1 saturated heterocycles. The number of sulfonamides is 1. The highest BCUT2D eigenvalue weighted by Crippen LogP contribution is 2.22. The summed E-state index contributed by atoms with van der Waals surface area (Å²) in [6.07, 6.45) is 1.80. The Bertz CT molecular complexity index is 879. The molecule has 0 bridgehead atoms. The Kier molecular flexibility index (Phi) is 7.46. The first kappa shape index (κ1) is 22.2. The number of carbonyl (C=O) groups excluding carboxylic acids is 1. The highest BCUT2D eigenvalue weighted by molar-refractivity contribution is 7.92. The van der Waals surface area contributed by atoms with E-state index in [1.54, 1.807) is 36.4 Å². The van der Waals surface area contributed by atoms with Crippen molar-refractivity contribution in [2.45, 2.75) is 30.7 Å². The summed E-state index contributed by atoms with van der Waals surface area (Å²) in [7, 11) is -3.69. The van der Waals surface area contributed by atoms with Gasteiger partial charge in [-0.3, -0.25) is 9.52 Å². The van der Waals surface area contributed by atoms with Crippen molar-refractivity contribution in [3.63, 3.8) is 0 Å². The van der Waals surface area contributed by atoms with E-state index in [1.165, 1.54) is 12.1 Å². The van der Waals surface area contributed by atoms with Crippen molar-refractivity contribution in [1.29, 1.82) is 0 Å². The van der Waals surface area contributed by atoms with Gasteiger partial charge in [0.25, 0.3) is 15.9 Å². The molecule has 0 aromatic heterocycles. The van der Waals surface area contributed by atoms with E-state index in [0.717, 1.165) is 12.8 Å². The maximum Gasteiger partial charge on any atom is 0.261 e. The summed E-state index contributed by atoms with van der Waals surface area (Å²) >= 11 is 0. The molecule has 3 N–H and O–H groups in total. The molecule has 152 valence electrons. The molecule has 1 heterocycles. The number of hydrogen-bond donors (Lipinski definition) is 2. The monoisotopic (exact) mass is 423 g/mol. The molecular formula is C20H26ClN3O3S. The highest BCUT2D eigenvalue weighted by Gasteiger charge is 2.25. The highest BCUT2D eigenvalue weighted by atomic mass is 35.5. The summed E-state index contributed by atoms with van der Waals surface area (Å²) in [5.41, 5.74) is 6.93. The molecule has 0 aliphatic carbocycles. The van der Waals surface area contributed by atoms with Gasteiger partial charge in [-0.1, -0.05) is 18.2 Å². The van der Waals surface area contributed by atoms with Crippen molar-refractivity contribution in [3.8, 4) is 0 Å². The zero-order chi connectivity index (χ0) is 19.4. The smallest absolute Gasteiger partial charge is 0.261 e. The topological polar surface area (TPSA) is 92.5 Å². The van der Waals surface area contributed by atoms with Gasteiger partial charge in [-0.25, -0.2) is 8.42 Å². The Morgan fingerprint density at radius 1 is 1.07 bits per heavy atom. The van der Waals surface area contributed by atoms with Gasteiger partial charge in [0.2, 0.25) is 0 Å². The van der Waals surface area contributed by atoms with Crippen LogP contribution in [0.3, 0.4) is 0 Å². The number of benzene rings is 2. The van der Waals surface area contributed by atoms with Gasteiger partial charge in [0, 0.05) is 30.4 Å². The van der Waals surface area contributed by atoms with E-state index < -0.39 is 10.0 Å². The number of nitrogens with one attached hydrogen (secondary N) is 1. The quantitative estimate of drug-likeness (QED) is 0.772. The molecule has 0 spiro atoms. The molecule has 1 fully saturated rings. The number of nitrogens with two attached hydrogens (primary N) is 1. The van der Waals surface area contributed by atoms with Crippen LogP contribution < -0.4 is 10.5 Å². The third-order valence-corrected chi connectivity index (χ3v) is 6.41. The van der Waals surface area contributed by atoms with Crippen molar-refractivity contribution in [2.24, 2.45) is 11.7 Å². The lowest BCUT2D eigenvalue weighted by Gasteiger charge is -2.33. The van der Waals surface area contributed by atoms with Crippen LogP contribution in [0.5, 0.6) is 0 Å². The third-order valence-electron chi connectivity index (χ3n) is 5.01. The van der Waals surface area contributed by atoms with Crippen LogP contribution in [0.15, 0.2) is 59.5 Å². The second kappa shape index (κ2) is 9.41. The van der Waals surface area contributed by atoms with Gasteiger partial charge in [-0.05, 0) is 62.1 Å². The summed E-state index contributed by atoms with van der Waals surface area (Å²) in [4.78, 5) is 14.6. The van der Waals surface area contributed by atoms with Crippen LogP contribution in [0, 0.1) is 5.92 Å². The van der Waals surface area contributed by atoms with E-state index in [1.807, 2.05) is 17.9 Å². The van der Waals surface area contributed by atoms with Gasteiger partial charge < -0.3 is 10.6 Å². The summed E-state index contributed by atoms with van der Waals surface area (Å²) in [6.45, 7) is 3.37.